The van der Waals surface area contributed by atoms with Gasteiger partial charge in [-0.2, -0.15) is 10.4 Å². The van der Waals surface area contributed by atoms with Gasteiger partial charge in [-0.1, -0.05) is 121 Å². The normalized spacial score (nSPS) is 21.5. The van der Waals surface area contributed by atoms with Crippen molar-refractivity contribution >= 4 is 19.2 Å². The maximum Gasteiger partial charge on any atom is 0.472 e. The van der Waals surface area contributed by atoms with Gasteiger partial charge in [-0.15, -0.1) is 0 Å². The summed E-state index contributed by atoms with van der Waals surface area (Å²) in [6.45, 7) is 3.46. The van der Waals surface area contributed by atoms with Crippen LogP contribution in [0.25, 0.3) is 5.52 Å². The Morgan fingerprint density at radius 3 is 2.22 bits per heavy atom. The quantitative estimate of drug-likeness (QED) is 0.0408. The first kappa shape index (κ1) is 44.8. The van der Waals surface area contributed by atoms with Gasteiger partial charge in [0, 0.05) is 13.2 Å². The van der Waals surface area contributed by atoms with Crippen molar-refractivity contribution in [3.8, 4) is 6.07 Å². The maximum atomic E-state index is 13.0. The summed E-state index contributed by atoms with van der Waals surface area (Å²) in [5.74, 6) is 0.142. The number of anilines is 1. The molecule has 3 unspecified atom stereocenters. The predicted molar refractivity (Wildman–Crippen MR) is 209 cm³/mol. The number of nitrogens with two attached hydrogens (primary N) is 1. The van der Waals surface area contributed by atoms with Gasteiger partial charge in [0.2, 0.25) is 5.60 Å². The Morgan fingerprint density at radius 2 is 1.56 bits per heavy atom. The van der Waals surface area contributed by atoms with Gasteiger partial charge in [0.05, 0.1) is 31.6 Å². The van der Waals surface area contributed by atoms with E-state index in [1.54, 1.807) is 6.07 Å². The summed E-state index contributed by atoms with van der Waals surface area (Å²) in [6, 6.07) is 14.6. The fraction of sp³-hybridized carbons (Fsp3) is 0.675. The first-order chi connectivity index (χ1) is 26.7. The Hall–Kier alpha value is -2.96. The van der Waals surface area contributed by atoms with E-state index in [-0.39, 0.29) is 18.1 Å². The molecule has 1 aliphatic heterocycles. The van der Waals surface area contributed by atoms with E-state index in [1.165, 1.54) is 81.1 Å². The molecule has 0 spiro atoms. The monoisotopic (exact) mass is 787 g/mol. The number of nitrogens with zero attached hydrogens (tertiary/aromatic N) is 4. The average Bonchev–Trinajstić information content (AvgIpc) is 3.74. The highest BCUT2D eigenvalue weighted by Gasteiger charge is 2.58. The van der Waals surface area contributed by atoms with Crippen LogP contribution < -0.4 is 5.73 Å². The fourth-order valence-electron chi connectivity index (χ4n) is 6.84. The lowest BCUT2D eigenvalue weighted by atomic mass is 9.92. The molecular weight excluding hydrogens is 725 g/mol. The average molecular weight is 788 g/mol. The van der Waals surface area contributed by atoms with Gasteiger partial charge in [0.1, 0.15) is 36.2 Å². The van der Waals surface area contributed by atoms with Gasteiger partial charge in [0.15, 0.2) is 5.82 Å². The van der Waals surface area contributed by atoms with Crippen molar-refractivity contribution in [1.82, 2.24) is 14.6 Å². The lowest BCUT2D eigenvalue weighted by Crippen LogP contribution is -2.41. The number of nitriles is 1. The molecule has 4 rings (SSSR count). The first-order valence-corrected chi connectivity index (χ1v) is 21.6. The number of phosphoric acid groups is 1. The summed E-state index contributed by atoms with van der Waals surface area (Å²) in [4.78, 5) is 14.5. The number of hydrogen-bond acceptors (Lipinski definition) is 12. The van der Waals surface area contributed by atoms with Gasteiger partial charge >= 0.3 is 7.82 Å². The molecule has 1 aliphatic rings. The zero-order chi connectivity index (χ0) is 39.4. The number of phosphoric ester groups is 1. The van der Waals surface area contributed by atoms with E-state index in [1.807, 2.05) is 36.4 Å². The van der Waals surface area contributed by atoms with Crippen LogP contribution in [0, 0.1) is 11.3 Å². The lowest BCUT2D eigenvalue weighted by molar-refractivity contribution is -0.0658. The Balaban J connectivity index is 1.15. The molecule has 2 aromatic heterocycles. The SMILES string of the molecule is CCCCCCCCCOCCCCCCCCCCC(COP(=O)(O)OC[C@H]1O[C@@](C#N)(c2ccc3c(N)ncnn23)C(O)[C@H]1O)OCc1ccccc1. The van der Waals surface area contributed by atoms with Gasteiger partial charge in [-0.05, 0) is 37.0 Å². The Labute approximate surface area is 325 Å². The standard InChI is InChI=1S/C40H62N5O9P/c1-2-3-4-5-9-12-18-25-50-26-19-13-10-7-6-8-11-17-22-33(51-27-32-20-15-14-16-21-32)28-52-55(48,49)53-29-35-37(46)38(47)40(30-41,54-35)36-24-23-34-39(42)43-31-44-45(34)36/h14-16,20-21,23-24,31,33,35,37-38,46-47H,2-13,17-19,22,25-29H2,1H3,(H,48,49)(H2,42,43,44)/t33?,35-,37+,38?,40+/m1/s1. The van der Waals surface area contributed by atoms with Crippen LogP contribution in [0.5, 0.6) is 0 Å². The van der Waals surface area contributed by atoms with Crippen LogP contribution >= 0.6 is 7.82 Å². The van der Waals surface area contributed by atoms with Crippen LogP contribution in [0.15, 0.2) is 48.8 Å². The molecule has 0 radical (unpaired) electrons. The largest absolute Gasteiger partial charge is 0.472 e. The maximum absolute atomic E-state index is 13.0. The third-order valence-electron chi connectivity index (χ3n) is 10.1. The molecule has 1 fully saturated rings. The number of benzene rings is 1. The molecule has 1 aromatic carbocycles. The van der Waals surface area contributed by atoms with E-state index in [2.05, 4.69) is 17.0 Å². The molecule has 0 amide bonds. The zero-order valence-electron chi connectivity index (χ0n) is 32.4. The van der Waals surface area contributed by atoms with Crippen LogP contribution in [0.4, 0.5) is 5.82 Å². The highest BCUT2D eigenvalue weighted by atomic mass is 31.2. The number of aliphatic hydroxyl groups excluding tert-OH is 2. The summed E-state index contributed by atoms with van der Waals surface area (Å²) < 4.78 is 42.6. The predicted octanol–water partition coefficient (Wildman–Crippen LogP) is 7.15. The highest BCUT2D eigenvalue weighted by Crippen LogP contribution is 2.46. The van der Waals surface area contributed by atoms with Crippen LogP contribution in [-0.4, -0.2) is 80.5 Å². The molecule has 6 atom stereocenters. The number of aliphatic hydroxyl groups is 2. The number of unbranched alkanes of at least 4 members (excludes halogenated alkanes) is 13. The van der Waals surface area contributed by atoms with Crippen molar-refractivity contribution in [3.05, 3.63) is 60.0 Å². The van der Waals surface area contributed by atoms with Crippen molar-refractivity contribution in [1.29, 1.82) is 5.26 Å². The van der Waals surface area contributed by atoms with Crippen molar-refractivity contribution in [3.63, 3.8) is 0 Å². The second-order valence-corrected chi connectivity index (χ2v) is 15.9. The molecule has 1 saturated heterocycles. The minimum absolute atomic E-state index is 0.102. The van der Waals surface area contributed by atoms with Crippen molar-refractivity contribution in [2.24, 2.45) is 0 Å². The molecule has 14 nitrogen and oxygen atoms in total. The molecule has 0 saturated carbocycles. The van der Waals surface area contributed by atoms with E-state index in [0.29, 0.717) is 18.5 Å². The van der Waals surface area contributed by atoms with Crippen molar-refractivity contribution in [2.75, 3.05) is 32.2 Å². The minimum atomic E-state index is -4.66. The number of hydrogen-bond donors (Lipinski definition) is 4. The second kappa shape index (κ2) is 24.0. The highest BCUT2D eigenvalue weighted by molar-refractivity contribution is 7.47. The molecule has 306 valence electrons. The number of fused-ring (bicyclic) bond motifs is 1. The molecule has 0 aliphatic carbocycles. The third kappa shape index (κ3) is 14.2. The molecular formula is C40H62N5O9P. The van der Waals surface area contributed by atoms with Crippen LogP contribution in [0.1, 0.15) is 121 Å². The van der Waals surface area contributed by atoms with E-state index < -0.39 is 44.4 Å². The van der Waals surface area contributed by atoms with Crippen LogP contribution in [-0.2, 0) is 40.0 Å². The van der Waals surface area contributed by atoms with Crippen LogP contribution in [0.2, 0.25) is 0 Å². The summed E-state index contributed by atoms with van der Waals surface area (Å²) in [5, 5.41) is 36.0. The number of aromatic nitrogens is 3. The zero-order valence-corrected chi connectivity index (χ0v) is 33.3. The molecule has 3 heterocycles. The smallest absolute Gasteiger partial charge is 0.387 e. The Kier molecular flexibility index (Phi) is 19.5. The first-order valence-electron chi connectivity index (χ1n) is 20.1. The lowest BCUT2D eigenvalue weighted by Gasteiger charge is -2.24. The summed E-state index contributed by atoms with van der Waals surface area (Å²) in [7, 11) is -4.66. The molecule has 55 heavy (non-hydrogen) atoms. The van der Waals surface area contributed by atoms with Crippen LogP contribution in [0.3, 0.4) is 0 Å². The Bertz CT molecular complexity index is 1610. The Morgan fingerprint density at radius 1 is 0.927 bits per heavy atom. The fourth-order valence-corrected chi connectivity index (χ4v) is 7.60. The molecule has 3 aromatic rings. The number of ether oxygens (including phenoxy) is 3. The number of nitrogen functional groups attached to an aromatic ring is 1. The third-order valence-corrected chi connectivity index (χ3v) is 11.0. The summed E-state index contributed by atoms with van der Waals surface area (Å²) in [5.41, 5.74) is 5.28. The van der Waals surface area contributed by atoms with E-state index >= 15 is 0 Å². The van der Waals surface area contributed by atoms with E-state index in [0.717, 1.165) is 50.9 Å². The van der Waals surface area contributed by atoms with E-state index in [9.17, 15) is 24.9 Å². The number of rotatable bonds is 29. The van der Waals surface area contributed by atoms with Crippen molar-refractivity contribution < 1.29 is 42.9 Å². The second-order valence-electron chi connectivity index (χ2n) is 14.4. The van der Waals surface area contributed by atoms with Gasteiger partial charge < -0.3 is 35.1 Å². The van der Waals surface area contributed by atoms with Gasteiger partial charge in [0.25, 0.3) is 0 Å². The van der Waals surface area contributed by atoms with Gasteiger partial charge in [-0.3, -0.25) is 9.05 Å². The summed E-state index contributed by atoms with van der Waals surface area (Å²) >= 11 is 0. The summed E-state index contributed by atoms with van der Waals surface area (Å²) in [6.07, 6.45) is 14.6. The van der Waals surface area contributed by atoms with E-state index in [4.69, 9.17) is 29.0 Å². The topological polar surface area (TPSA) is 204 Å². The molecule has 0 bridgehead atoms. The van der Waals surface area contributed by atoms with Crippen molar-refractivity contribution in [2.45, 2.75) is 146 Å². The molecule has 5 N–H and O–H groups in total. The minimum Gasteiger partial charge on any atom is -0.387 e. The van der Waals surface area contributed by atoms with Gasteiger partial charge in [-0.25, -0.2) is 14.1 Å². The molecule has 15 heteroatoms.